The molecule has 30 heavy (non-hydrogen) atoms. The van der Waals surface area contributed by atoms with Gasteiger partial charge >= 0.3 is 12.1 Å². The molecule has 3 rings (SSSR count). The first-order valence-corrected chi connectivity index (χ1v) is 9.09. The van der Waals surface area contributed by atoms with Gasteiger partial charge in [0.1, 0.15) is 12.4 Å². The Balaban J connectivity index is 1.84. The van der Waals surface area contributed by atoms with Gasteiger partial charge in [-0.25, -0.2) is 4.39 Å². The van der Waals surface area contributed by atoms with Gasteiger partial charge in [0.05, 0.1) is 17.8 Å². The number of aromatic nitrogens is 3. The molecule has 9 heteroatoms. The number of benzene rings is 1. The van der Waals surface area contributed by atoms with Gasteiger partial charge < -0.3 is 4.74 Å². The summed E-state index contributed by atoms with van der Waals surface area (Å²) >= 11 is 0. The Labute approximate surface area is 170 Å². The predicted molar refractivity (Wildman–Crippen MR) is 100 cm³/mol. The molecule has 0 aliphatic carbocycles. The normalized spacial score (nSPS) is 12.6. The smallest absolute Gasteiger partial charge is 0.408 e. The first kappa shape index (κ1) is 21.5. The number of aryl methyl sites for hydroxylation is 1. The van der Waals surface area contributed by atoms with Crippen LogP contribution in [-0.2, 0) is 22.5 Å². The van der Waals surface area contributed by atoms with Crippen molar-refractivity contribution in [1.29, 1.82) is 0 Å². The van der Waals surface area contributed by atoms with Gasteiger partial charge in [0, 0.05) is 23.0 Å². The molecule has 0 bridgehead atoms. The lowest BCUT2D eigenvalue weighted by Gasteiger charge is -2.18. The van der Waals surface area contributed by atoms with E-state index < -0.39 is 30.6 Å². The molecule has 2 heterocycles. The highest BCUT2D eigenvalue weighted by Gasteiger charge is 2.30. The Bertz CT molecular complexity index is 1030. The Kier molecular flexibility index (Phi) is 6.19. The quantitative estimate of drug-likeness (QED) is 0.435. The van der Waals surface area contributed by atoms with Crippen molar-refractivity contribution in [1.82, 2.24) is 14.8 Å². The van der Waals surface area contributed by atoms with Crippen molar-refractivity contribution in [3.63, 3.8) is 0 Å². The van der Waals surface area contributed by atoms with E-state index >= 15 is 0 Å². The maximum atomic E-state index is 13.7. The van der Waals surface area contributed by atoms with Crippen LogP contribution in [0.15, 0.2) is 48.7 Å². The minimum absolute atomic E-state index is 0.238. The minimum atomic E-state index is -4.43. The fourth-order valence-electron chi connectivity index (χ4n) is 3.13. The maximum Gasteiger partial charge on any atom is 0.408 e. The second-order valence-corrected chi connectivity index (χ2v) is 6.78. The number of hydrogen-bond acceptors (Lipinski definition) is 4. The summed E-state index contributed by atoms with van der Waals surface area (Å²) in [4.78, 5) is 16.8. The molecular formula is C21H19F4N3O2. The van der Waals surface area contributed by atoms with Gasteiger partial charge in [-0.15, -0.1) is 0 Å². The molecule has 5 nitrogen and oxygen atoms in total. The molecule has 0 spiro atoms. The number of rotatable bonds is 6. The molecule has 158 valence electrons. The van der Waals surface area contributed by atoms with Crippen LogP contribution in [0, 0.1) is 19.7 Å². The van der Waals surface area contributed by atoms with Crippen LogP contribution in [0.1, 0.15) is 34.3 Å². The molecule has 0 amide bonds. The molecule has 0 radical (unpaired) electrons. The molecular weight excluding hydrogens is 402 g/mol. The van der Waals surface area contributed by atoms with Crippen LogP contribution >= 0.6 is 0 Å². The molecule has 3 aromatic rings. The lowest BCUT2D eigenvalue weighted by atomic mass is 10.1. The van der Waals surface area contributed by atoms with Gasteiger partial charge in [-0.1, -0.05) is 18.2 Å². The van der Waals surface area contributed by atoms with Crippen molar-refractivity contribution < 1.29 is 27.1 Å². The zero-order valence-electron chi connectivity index (χ0n) is 16.3. The van der Waals surface area contributed by atoms with E-state index in [1.54, 1.807) is 24.3 Å². The van der Waals surface area contributed by atoms with Crippen molar-refractivity contribution in [2.45, 2.75) is 39.1 Å². The van der Waals surface area contributed by atoms with E-state index in [9.17, 15) is 22.4 Å². The summed E-state index contributed by atoms with van der Waals surface area (Å²) in [6.07, 6.45) is -4.14. The Morgan fingerprint density at radius 1 is 1.17 bits per heavy atom. The molecule has 0 fully saturated rings. The highest BCUT2D eigenvalue weighted by molar-refractivity contribution is 5.74. The van der Waals surface area contributed by atoms with E-state index in [4.69, 9.17) is 4.74 Å². The van der Waals surface area contributed by atoms with E-state index in [2.05, 4.69) is 10.1 Å². The van der Waals surface area contributed by atoms with E-state index in [1.807, 2.05) is 0 Å². The van der Waals surface area contributed by atoms with Crippen molar-refractivity contribution in [2.75, 3.05) is 0 Å². The minimum Gasteiger partial charge on any atom is -0.451 e. The van der Waals surface area contributed by atoms with Gasteiger partial charge in [-0.3, -0.25) is 14.5 Å². The maximum absolute atomic E-state index is 13.7. The third-order valence-corrected chi connectivity index (χ3v) is 4.54. The van der Waals surface area contributed by atoms with Crippen LogP contribution < -0.4 is 0 Å². The number of nitrogens with zero attached hydrogens (tertiary/aromatic N) is 3. The highest BCUT2D eigenvalue weighted by atomic mass is 19.4. The van der Waals surface area contributed by atoms with E-state index in [1.165, 1.54) is 38.2 Å². The molecule has 1 aromatic carbocycles. The summed E-state index contributed by atoms with van der Waals surface area (Å²) in [6, 6.07) is 10.6. The van der Waals surface area contributed by atoms with Crippen molar-refractivity contribution in [3.8, 4) is 0 Å². The van der Waals surface area contributed by atoms with Gasteiger partial charge in [-0.05, 0) is 38.1 Å². The summed E-state index contributed by atoms with van der Waals surface area (Å²) in [7, 11) is 0. The lowest BCUT2D eigenvalue weighted by Crippen LogP contribution is -2.20. The lowest BCUT2D eigenvalue weighted by molar-refractivity contribution is -0.147. The first-order chi connectivity index (χ1) is 14.1. The SMILES string of the molecule is Cc1nn(CC(F)(F)F)c(C)c1CC(=O)O[C@H](c1cccc(F)c1)c1ccccn1. The number of halogens is 4. The Hall–Kier alpha value is -3.23. The molecule has 2 aromatic heterocycles. The first-order valence-electron chi connectivity index (χ1n) is 9.09. The molecule has 0 unspecified atom stereocenters. The number of esters is 1. The molecule has 0 N–H and O–H groups in total. The number of hydrogen-bond donors (Lipinski definition) is 0. The van der Waals surface area contributed by atoms with Crippen molar-refractivity contribution >= 4 is 5.97 Å². The van der Waals surface area contributed by atoms with Crippen LogP contribution in [0.4, 0.5) is 17.6 Å². The third kappa shape index (κ3) is 5.22. The molecule has 0 aliphatic heterocycles. The van der Waals surface area contributed by atoms with Crippen LogP contribution in [-0.4, -0.2) is 26.9 Å². The fraction of sp³-hybridized carbons (Fsp3) is 0.286. The van der Waals surface area contributed by atoms with Crippen LogP contribution in [0.3, 0.4) is 0 Å². The number of ether oxygens (including phenoxy) is 1. The Morgan fingerprint density at radius 3 is 2.57 bits per heavy atom. The van der Waals surface area contributed by atoms with Gasteiger partial charge in [0.2, 0.25) is 0 Å². The van der Waals surface area contributed by atoms with Crippen LogP contribution in [0.5, 0.6) is 0 Å². The van der Waals surface area contributed by atoms with E-state index in [0.29, 0.717) is 22.5 Å². The average Bonchev–Trinajstić information content (AvgIpc) is 2.92. The summed E-state index contributed by atoms with van der Waals surface area (Å²) in [5.41, 5.74) is 1.71. The zero-order valence-corrected chi connectivity index (χ0v) is 16.3. The second kappa shape index (κ2) is 8.64. The topological polar surface area (TPSA) is 57.0 Å². The molecule has 0 aliphatic rings. The van der Waals surface area contributed by atoms with Crippen molar-refractivity contribution in [2.24, 2.45) is 0 Å². The average molecular weight is 421 g/mol. The van der Waals surface area contributed by atoms with Crippen LogP contribution in [0.2, 0.25) is 0 Å². The number of carbonyl (C=O) groups is 1. The van der Waals surface area contributed by atoms with E-state index in [-0.39, 0.29) is 12.1 Å². The zero-order chi connectivity index (χ0) is 21.9. The standard InChI is InChI=1S/C21H19F4N3O2/c1-13-17(14(2)28(27-13)12-21(23,24)25)11-19(29)30-20(18-8-3-4-9-26-18)15-6-5-7-16(22)10-15/h3-10,20H,11-12H2,1-2H3/t20-/m1/s1. The predicted octanol–water partition coefficient (Wildman–Crippen LogP) is 4.47. The molecule has 1 atom stereocenters. The molecule has 0 saturated heterocycles. The summed E-state index contributed by atoms with van der Waals surface area (Å²) < 4.78 is 58.2. The second-order valence-electron chi connectivity index (χ2n) is 6.78. The summed E-state index contributed by atoms with van der Waals surface area (Å²) in [5, 5.41) is 3.88. The monoisotopic (exact) mass is 421 g/mol. The van der Waals surface area contributed by atoms with Gasteiger partial charge in [-0.2, -0.15) is 18.3 Å². The summed E-state index contributed by atoms with van der Waals surface area (Å²) in [6.45, 7) is 1.76. The Morgan fingerprint density at radius 2 is 1.93 bits per heavy atom. The largest absolute Gasteiger partial charge is 0.451 e. The number of carbonyl (C=O) groups excluding carboxylic acids is 1. The number of alkyl halides is 3. The summed E-state index contributed by atoms with van der Waals surface area (Å²) in [5.74, 6) is -1.18. The van der Waals surface area contributed by atoms with E-state index in [0.717, 1.165) is 4.68 Å². The van der Waals surface area contributed by atoms with Gasteiger partial charge in [0.15, 0.2) is 6.10 Å². The molecule has 0 saturated carbocycles. The highest BCUT2D eigenvalue weighted by Crippen LogP contribution is 2.27. The van der Waals surface area contributed by atoms with Crippen molar-refractivity contribution in [3.05, 3.63) is 82.7 Å². The van der Waals surface area contributed by atoms with Gasteiger partial charge in [0.25, 0.3) is 0 Å². The van der Waals surface area contributed by atoms with Crippen LogP contribution in [0.25, 0.3) is 0 Å². The fourth-order valence-corrected chi connectivity index (χ4v) is 3.13. The third-order valence-electron chi connectivity index (χ3n) is 4.54. The number of pyridine rings is 1.